The van der Waals surface area contributed by atoms with Gasteiger partial charge in [-0.05, 0) is 64.3 Å². The second-order valence-electron chi connectivity index (χ2n) is 7.46. The fourth-order valence-corrected chi connectivity index (χ4v) is 4.35. The summed E-state index contributed by atoms with van der Waals surface area (Å²) in [7, 11) is 0. The first-order chi connectivity index (χ1) is 11.6. The highest BCUT2D eigenvalue weighted by Crippen LogP contribution is 2.34. The molecule has 4 heterocycles. The maximum Gasteiger partial charge on any atom is 0.213 e. The third-order valence-electron chi connectivity index (χ3n) is 5.64. The van der Waals surface area contributed by atoms with E-state index in [1.165, 1.54) is 42.6 Å². The zero-order valence-corrected chi connectivity index (χ0v) is 14.8. The summed E-state index contributed by atoms with van der Waals surface area (Å²) in [5.74, 6) is 1.44. The molecular weight excluding hydrogens is 296 g/mol. The number of pyridine rings is 1. The van der Waals surface area contributed by atoms with Crippen molar-refractivity contribution in [2.24, 2.45) is 5.92 Å². The molecule has 3 aliphatic heterocycles. The molecule has 0 radical (unpaired) electrons. The molecule has 0 spiro atoms. The van der Waals surface area contributed by atoms with E-state index in [1.807, 2.05) is 12.3 Å². The first-order valence-electron chi connectivity index (χ1n) is 9.05. The van der Waals surface area contributed by atoms with Crippen molar-refractivity contribution in [1.82, 2.24) is 9.88 Å². The number of hydrogen-bond donors (Lipinski definition) is 0. The fraction of sp³-hybridized carbons (Fsp3) is 0.476. The minimum absolute atomic E-state index is 0.284. The predicted molar refractivity (Wildman–Crippen MR) is 97.3 cm³/mol. The Morgan fingerprint density at radius 1 is 1.00 bits per heavy atom. The highest BCUT2D eigenvalue weighted by molar-refractivity contribution is 5.64. The lowest BCUT2D eigenvalue weighted by atomic mass is 9.81. The SMILES string of the molecule is Cc1cc(C)cc(-c2ccc(OC3C4CCN(CC4)C3C)nc2)c1. The molecular formula is C21H26N2O. The van der Waals surface area contributed by atoms with E-state index in [9.17, 15) is 0 Å². The molecule has 2 aromatic rings. The number of hydrogen-bond acceptors (Lipinski definition) is 3. The van der Waals surface area contributed by atoms with Gasteiger partial charge in [-0.15, -0.1) is 0 Å². The van der Waals surface area contributed by atoms with Crippen LogP contribution in [0.2, 0.25) is 0 Å². The van der Waals surface area contributed by atoms with Crippen molar-refractivity contribution < 1.29 is 4.74 Å². The van der Waals surface area contributed by atoms with Gasteiger partial charge in [0.15, 0.2) is 0 Å². The van der Waals surface area contributed by atoms with Crippen LogP contribution in [0.25, 0.3) is 11.1 Å². The van der Waals surface area contributed by atoms with Gasteiger partial charge in [-0.2, -0.15) is 0 Å². The topological polar surface area (TPSA) is 25.4 Å². The predicted octanol–water partition coefficient (Wildman–Crippen LogP) is 4.23. The van der Waals surface area contributed by atoms with E-state index < -0.39 is 0 Å². The molecule has 3 saturated heterocycles. The molecule has 3 fully saturated rings. The van der Waals surface area contributed by atoms with Crippen LogP contribution in [-0.4, -0.2) is 35.1 Å². The molecule has 0 aliphatic carbocycles. The van der Waals surface area contributed by atoms with Crippen LogP contribution >= 0.6 is 0 Å². The van der Waals surface area contributed by atoms with Crippen molar-refractivity contribution in [3.05, 3.63) is 47.7 Å². The third-order valence-corrected chi connectivity index (χ3v) is 5.64. The van der Waals surface area contributed by atoms with Gasteiger partial charge < -0.3 is 4.74 Å². The number of ether oxygens (including phenoxy) is 1. The van der Waals surface area contributed by atoms with E-state index in [0.717, 1.165) is 11.4 Å². The van der Waals surface area contributed by atoms with Crippen molar-refractivity contribution in [2.75, 3.05) is 13.1 Å². The Balaban J connectivity index is 1.52. The minimum atomic E-state index is 0.284. The highest BCUT2D eigenvalue weighted by atomic mass is 16.5. The Bertz CT molecular complexity index is 695. The minimum Gasteiger partial charge on any atom is -0.472 e. The number of nitrogens with zero attached hydrogens (tertiary/aromatic N) is 2. The number of aromatic nitrogens is 1. The first-order valence-corrected chi connectivity index (χ1v) is 9.05. The monoisotopic (exact) mass is 322 g/mol. The van der Waals surface area contributed by atoms with Gasteiger partial charge in [0.25, 0.3) is 0 Å². The lowest BCUT2D eigenvalue weighted by Gasteiger charge is -2.49. The Labute approximate surface area is 144 Å². The van der Waals surface area contributed by atoms with Crippen LogP contribution in [0, 0.1) is 19.8 Å². The van der Waals surface area contributed by atoms with Gasteiger partial charge in [-0.1, -0.05) is 29.3 Å². The summed E-state index contributed by atoms with van der Waals surface area (Å²) in [5.41, 5.74) is 4.94. The van der Waals surface area contributed by atoms with Crippen LogP contribution in [0.5, 0.6) is 5.88 Å². The molecule has 1 aromatic heterocycles. The molecule has 2 bridgehead atoms. The van der Waals surface area contributed by atoms with Crippen molar-refractivity contribution in [3.8, 4) is 17.0 Å². The molecule has 2 unspecified atom stereocenters. The van der Waals surface area contributed by atoms with Gasteiger partial charge >= 0.3 is 0 Å². The molecule has 1 aromatic carbocycles. The maximum atomic E-state index is 6.29. The van der Waals surface area contributed by atoms with Crippen LogP contribution in [0.15, 0.2) is 36.5 Å². The Kier molecular flexibility index (Phi) is 4.05. The number of benzene rings is 1. The summed E-state index contributed by atoms with van der Waals surface area (Å²) in [6, 6.07) is 11.3. The summed E-state index contributed by atoms with van der Waals surface area (Å²) in [5, 5.41) is 0. The van der Waals surface area contributed by atoms with Gasteiger partial charge in [0.2, 0.25) is 5.88 Å². The number of fused-ring (bicyclic) bond motifs is 3. The Morgan fingerprint density at radius 2 is 1.71 bits per heavy atom. The normalized spacial score (nSPS) is 28.8. The molecule has 3 aliphatic rings. The van der Waals surface area contributed by atoms with Gasteiger partial charge in [0.1, 0.15) is 6.10 Å². The maximum absolute atomic E-state index is 6.29. The standard InChI is InChI=1S/C21H26N2O/c1-14-10-15(2)12-19(11-14)18-4-5-20(22-13-18)24-21-16(3)23-8-6-17(21)7-9-23/h4-5,10-13,16-17,21H,6-9H2,1-3H3. The Morgan fingerprint density at radius 3 is 2.29 bits per heavy atom. The molecule has 3 nitrogen and oxygen atoms in total. The van der Waals surface area contributed by atoms with Crippen LogP contribution in [-0.2, 0) is 0 Å². The van der Waals surface area contributed by atoms with Gasteiger partial charge in [0.05, 0.1) is 0 Å². The molecule has 2 atom stereocenters. The number of rotatable bonds is 3. The molecule has 24 heavy (non-hydrogen) atoms. The molecule has 0 saturated carbocycles. The van der Waals surface area contributed by atoms with E-state index >= 15 is 0 Å². The van der Waals surface area contributed by atoms with E-state index in [-0.39, 0.29) is 6.10 Å². The smallest absolute Gasteiger partial charge is 0.213 e. The number of piperidine rings is 3. The van der Waals surface area contributed by atoms with Gasteiger partial charge in [-0.3, -0.25) is 4.90 Å². The average molecular weight is 322 g/mol. The lowest BCUT2D eigenvalue weighted by molar-refractivity contribution is -0.0525. The fourth-order valence-electron chi connectivity index (χ4n) is 4.35. The third kappa shape index (κ3) is 2.93. The first kappa shape index (κ1) is 15.6. The van der Waals surface area contributed by atoms with E-state index in [0.29, 0.717) is 12.0 Å². The molecule has 5 rings (SSSR count). The Hall–Kier alpha value is -1.87. The highest BCUT2D eigenvalue weighted by Gasteiger charge is 2.41. The zero-order valence-electron chi connectivity index (χ0n) is 14.8. The summed E-state index contributed by atoms with van der Waals surface area (Å²) in [6.45, 7) is 9.02. The lowest BCUT2D eigenvalue weighted by Crippen LogP contribution is -2.58. The molecule has 3 heteroatoms. The quantitative estimate of drug-likeness (QED) is 0.846. The van der Waals surface area contributed by atoms with Gasteiger partial charge in [0, 0.05) is 23.9 Å². The van der Waals surface area contributed by atoms with Crippen LogP contribution < -0.4 is 4.74 Å². The van der Waals surface area contributed by atoms with Crippen LogP contribution in [0.3, 0.4) is 0 Å². The van der Waals surface area contributed by atoms with E-state index in [1.54, 1.807) is 0 Å². The summed E-state index contributed by atoms with van der Waals surface area (Å²) >= 11 is 0. The average Bonchev–Trinajstić information content (AvgIpc) is 2.58. The van der Waals surface area contributed by atoms with Gasteiger partial charge in [-0.25, -0.2) is 4.98 Å². The second kappa shape index (κ2) is 6.21. The summed E-state index contributed by atoms with van der Waals surface area (Å²) in [6.07, 6.45) is 4.74. The van der Waals surface area contributed by atoms with Crippen LogP contribution in [0.4, 0.5) is 0 Å². The van der Waals surface area contributed by atoms with Crippen molar-refractivity contribution in [2.45, 2.75) is 45.8 Å². The summed E-state index contributed by atoms with van der Waals surface area (Å²) < 4.78 is 6.29. The molecule has 126 valence electrons. The van der Waals surface area contributed by atoms with Crippen molar-refractivity contribution in [3.63, 3.8) is 0 Å². The van der Waals surface area contributed by atoms with Crippen molar-refractivity contribution in [1.29, 1.82) is 0 Å². The number of aryl methyl sites for hydroxylation is 2. The van der Waals surface area contributed by atoms with Crippen molar-refractivity contribution >= 4 is 0 Å². The molecule has 0 N–H and O–H groups in total. The molecule has 0 amide bonds. The van der Waals surface area contributed by atoms with E-state index in [2.05, 4.69) is 54.9 Å². The van der Waals surface area contributed by atoms with E-state index in [4.69, 9.17) is 4.74 Å². The van der Waals surface area contributed by atoms with Crippen LogP contribution in [0.1, 0.15) is 30.9 Å². The largest absolute Gasteiger partial charge is 0.472 e. The zero-order chi connectivity index (χ0) is 16.7. The summed E-state index contributed by atoms with van der Waals surface area (Å²) in [4.78, 5) is 7.14. The second-order valence-corrected chi connectivity index (χ2v) is 7.46.